The van der Waals surface area contributed by atoms with E-state index in [1.54, 1.807) is 6.92 Å². The van der Waals surface area contributed by atoms with Crippen molar-refractivity contribution in [2.75, 3.05) is 13.1 Å². The lowest BCUT2D eigenvalue weighted by Crippen LogP contribution is -2.35. The molecule has 0 bridgehead atoms. The average Bonchev–Trinajstić information content (AvgIpc) is 2.74. The highest BCUT2D eigenvalue weighted by Crippen LogP contribution is 2.30. The van der Waals surface area contributed by atoms with E-state index in [-0.39, 0.29) is 18.5 Å². The van der Waals surface area contributed by atoms with Crippen LogP contribution in [0, 0.1) is 17.6 Å². The first-order valence-electron chi connectivity index (χ1n) is 6.03. The standard InChI is InChI=1S/C12H16F2N2O2S/c1-8-4-9(6-15)7-16(8)19(17,18)12-5-10(13)2-3-11(12)14/h2-3,5,8-9H,4,6-7,15H2,1H3. The Hall–Kier alpha value is -1.05. The second kappa shape index (κ2) is 5.15. The van der Waals surface area contributed by atoms with Gasteiger partial charge in [0.15, 0.2) is 0 Å². The quantitative estimate of drug-likeness (QED) is 0.913. The lowest BCUT2D eigenvalue weighted by Gasteiger charge is -2.21. The molecular weight excluding hydrogens is 274 g/mol. The maximum absolute atomic E-state index is 13.6. The molecule has 0 amide bonds. The second-order valence-corrected chi connectivity index (χ2v) is 6.69. The molecule has 1 aromatic carbocycles. The molecule has 2 atom stereocenters. The predicted molar refractivity (Wildman–Crippen MR) is 66.9 cm³/mol. The minimum atomic E-state index is -4.02. The molecule has 0 aromatic heterocycles. The molecule has 0 spiro atoms. The molecule has 2 N–H and O–H groups in total. The van der Waals surface area contributed by atoms with Crippen LogP contribution in [0.1, 0.15) is 13.3 Å². The number of nitrogens with zero attached hydrogens (tertiary/aromatic N) is 1. The Kier molecular flexibility index (Phi) is 3.89. The Morgan fingerprint density at radius 1 is 1.42 bits per heavy atom. The van der Waals surface area contributed by atoms with E-state index in [1.165, 1.54) is 4.31 Å². The summed E-state index contributed by atoms with van der Waals surface area (Å²) in [6, 6.07) is 2.17. The molecule has 4 nitrogen and oxygen atoms in total. The van der Waals surface area contributed by atoms with Crippen molar-refractivity contribution in [3.05, 3.63) is 29.8 Å². The van der Waals surface area contributed by atoms with Crippen LogP contribution in [-0.2, 0) is 10.0 Å². The third kappa shape index (κ3) is 2.63. The van der Waals surface area contributed by atoms with Gasteiger partial charge >= 0.3 is 0 Å². The van der Waals surface area contributed by atoms with Crippen LogP contribution in [0.4, 0.5) is 8.78 Å². The summed E-state index contributed by atoms with van der Waals surface area (Å²) in [6.45, 7) is 2.36. The van der Waals surface area contributed by atoms with Gasteiger partial charge in [0, 0.05) is 12.6 Å². The van der Waals surface area contributed by atoms with E-state index in [4.69, 9.17) is 5.73 Å². The van der Waals surface area contributed by atoms with Crippen molar-refractivity contribution in [2.24, 2.45) is 11.7 Å². The van der Waals surface area contributed by atoms with Crippen molar-refractivity contribution < 1.29 is 17.2 Å². The van der Waals surface area contributed by atoms with Gasteiger partial charge in [-0.3, -0.25) is 0 Å². The van der Waals surface area contributed by atoms with Gasteiger partial charge in [-0.1, -0.05) is 0 Å². The fourth-order valence-corrected chi connectivity index (χ4v) is 4.21. The zero-order valence-corrected chi connectivity index (χ0v) is 11.3. The lowest BCUT2D eigenvalue weighted by molar-refractivity contribution is 0.400. The molecule has 2 unspecified atom stereocenters. The molecule has 1 heterocycles. The Bertz CT molecular complexity index is 577. The molecule has 1 aliphatic rings. The molecule has 7 heteroatoms. The summed E-state index contributed by atoms with van der Waals surface area (Å²) in [5.74, 6) is -1.66. The molecule has 106 valence electrons. The summed E-state index contributed by atoms with van der Waals surface area (Å²) in [7, 11) is -4.02. The van der Waals surface area contributed by atoms with Crippen LogP contribution < -0.4 is 5.73 Å². The van der Waals surface area contributed by atoms with Gasteiger partial charge in [0.05, 0.1) is 0 Å². The highest BCUT2D eigenvalue weighted by atomic mass is 32.2. The van der Waals surface area contributed by atoms with Gasteiger partial charge < -0.3 is 5.73 Å². The van der Waals surface area contributed by atoms with Gasteiger partial charge in [0.2, 0.25) is 10.0 Å². The number of benzene rings is 1. The van der Waals surface area contributed by atoms with Crippen LogP contribution in [0.15, 0.2) is 23.1 Å². The van der Waals surface area contributed by atoms with Crippen molar-refractivity contribution >= 4 is 10.0 Å². The Morgan fingerprint density at radius 3 is 2.68 bits per heavy atom. The highest BCUT2D eigenvalue weighted by Gasteiger charge is 2.38. The SMILES string of the molecule is CC1CC(CN)CN1S(=O)(=O)c1cc(F)ccc1F. The molecule has 0 radical (unpaired) electrons. The first-order valence-corrected chi connectivity index (χ1v) is 7.47. The van der Waals surface area contributed by atoms with Gasteiger partial charge in [-0.25, -0.2) is 17.2 Å². The summed E-state index contributed by atoms with van der Waals surface area (Å²) in [6.07, 6.45) is 0.632. The summed E-state index contributed by atoms with van der Waals surface area (Å²) in [5, 5.41) is 0. The van der Waals surface area contributed by atoms with Gasteiger partial charge in [-0.15, -0.1) is 0 Å². The van der Waals surface area contributed by atoms with Crippen LogP contribution >= 0.6 is 0 Å². The monoisotopic (exact) mass is 290 g/mol. The summed E-state index contributed by atoms with van der Waals surface area (Å²) < 4.78 is 52.7. The number of hydrogen-bond donors (Lipinski definition) is 1. The summed E-state index contributed by atoms with van der Waals surface area (Å²) >= 11 is 0. The van der Waals surface area contributed by atoms with Crippen LogP contribution in [-0.4, -0.2) is 31.9 Å². The van der Waals surface area contributed by atoms with E-state index < -0.39 is 26.6 Å². The third-order valence-electron chi connectivity index (χ3n) is 3.42. The minimum Gasteiger partial charge on any atom is -0.330 e. The van der Waals surface area contributed by atoms with Crippen molar-refractivity contribution in [1.29, 1.82) is 0 Å². The molecule has 0 aliphatic carbocycles. The van der Waals surface area contributed by atoms with E-state index in [2.05, 4.69) is 0 Å². The average molecular weight is 290 g/mol. The Labute approximate surface area is 111 Å². The lowest BCUT2D eigenvalue weighted by atomic mass is 10.1. The van der Waals surface area contributed by atoms with Gasteiger partial charge in [0.1, 0.15) is 16.5 Å². The summed E-state index contributed by atoms with van der Waals surface area (Å²) in [5.41, 5.74) is 5.54. The number of rotatable bonds is 3. The molecule has 19 heavy (non-hydrogen) atoms. The number of halogens is 2. The van der Waals surface area contributed by atoms with Crippen molar-refractivity contribution in [3.8, 4) is 0 Å². The number of hydrogen-bond acceptors (Lipinski definition) is 3. The maximum atomic E-state index is 13.6. The zero-order valence-electron chi connectivity index (χ0n) is 10.5. The Balaban J connectivity index is 2.40. The van der Waals surface area contributed by atoms with Crippen LogP contribution in [0.2, 0.25) is 0 Å². The van der Waals surface area contributed by atoms with Crippen LogP contribution in [0.5, 0.6) is 0 Å². The minimum absolute atomic E-state index is 0.0568. The maximum Gasteiger partial charge on any atom is 0.246 e. The van der Waals surface area contributed by atoms with Gasteiger partial charge in [0.25, 0.3) is 0 Å². The van der Waals surface area contributed by atoms with Crippen LogP contribution in [0.25, 0.3) is 0 Å². The molecule has 1 aromatic rings. The molecular formula is C12H16F2N2O2S. The van der Waals surface area contributed by atoms with E-state index >= 15 is 0 Å². The summed E-state index contributed by atoms with van der Waals surface area (Å²) in [4.78, 5) is -0.614. The largest absolute Gasteiger partial charge is 0.330 e. The van der Waals surface area contributed by atoms with Gasteiger partial charge in [-0.2, -0.15) is 4.31 Å². The molecule has 1 fully saturated rings. The topological polar surface area (TPSA) is 63.4 Å². The normalized spacial score (nSPS) is 24.8. The highest BCUT2D eigenvalue weighted by molar-refractivity contribution is 7.89. The van der Waals surface area contributed by atoms with Crippen molar-refractivity contribution in [2.45, 2.75) is 24.3 Å². The number of sulfonamides is 1. The van der Waals surface area contributed by atoms with E-state index in [9.17, 15) is 17.2 Å². The van der Waals surface area contributed by atoms with Crippen LogP contribution in [0.3, 0.4) is 0 Å². The first-order chi connectivity index (χ1) is 8.86. The molecule has 2 rings (SSSR count). The number of nitrogens with two attached hydrogens (primary N) is 1. The fraction of sp³-hybridized carbons (Fsp3) is 0.500. The molecule has 0 saturated carbocycles. The van der Waals surface area contributed by atoms with Crippen molar-refractivity contribution in [3.63, 3.8) is 0 Å². The zero-order chi connectivity index (χ0) is 14.2. The molecule has 1 saturated heterocycles. The predicted octanol–water partition coefficient (Wildman–Crippen LogP) is 1.32. The van der Waals surface area contributed by atoms with Crippen molar-refractivity contribution in [1.82, 2.24) is 4.31 Å². The third-order valence-corrected chi connectivity index (χ3v) is 5.41. The second-order valence-electron chi connectivity index (χ2n) is 4.84. The smallest absolute Gasteiger partial charge is 0.246 e. The first kappa shape index (κ1) is 14.4. The fourth-order valence-electron chi connectivity index (χ4n) is 2.42. The molecule has 1 aliphatic heterocycles. The Morgan fingerprint density at radius 2 is 2.11 bits per heavy atom. The van der Waals surface area contributed by atoms with E-state index in [1.807, 2.05) is 0 Å². The van der Waals surface area contributed by atoms with Gasteiger partial charge in [-0.05, 0) is 44.0 Å². The van der Waals surface area contributed by atoms with E-state index in [0.717, 1.165) is 12.1 Å². The van der Waals surface area contributed by atoms with E-state index in [0.29, 0.717) is 19.0 Å².